The number of ether oxygens (including phenoxy) is 1. The lowest BCUT2D eigenvalue weighted by Crippen LogP contribution is -2.11. The Morgan fingerprint density at radius 3 is 2.61 bits per heavy atom. The highest BCUT2D eigenvalue weighted by molar-refractivity contribution is 5.87. The Labute approximate surface area is 162 Å². The van der Waals surface area contributed by atoms with Crippen LogP contribution < -0.4 is 4.74 Å². The first-order valence-corrected chi connectivity index (χ1v) is 9.09. The third-order valence-electron chi connectivity index (χ3n) is 4.69. The highest BCUT2D eigenvalue weighted by Crippen LogP contribution is 2.29. The summed E-state index contributed by atoms with van der Waals surface area (Å²) in [4.78, 5) is 12.4. The highest BCUT2D eigenvalue weighted by atomic mass is 16.5. The zero-order valence-corrected chi connectivity index (χ0v) is 15.9. The predicted octanol–water partition coefficient (Wildman–Crippen LogP) is 5.06. The molecule has 0 aliphatic carbocycles. The van der Waals surface area contributed by atoms with Crippen LogP contribution in [0.4, 0.5) is 0 Å². The second-order valence-electron chi connectivity index (χ2n) is 7.04. The number of esters is 1. The Morgan fingerprint density at radius 2 is 1.93 bits per heavy atom. The van der Waals surface area contributed by atoms with E-state index in [4.69, 9.17) is 13.6 Å². The van der Waals surface area contributed by atoms with Gasteiger partial charge in [-0.1, -0.05) is 13.8 Å². The average Bonchev–Trinajstić information content (AvgIpc) is 3.32. The van der Waals surface area contributed by atoms with E-state index in [1.165, 1.54) is 17.5 Å². The Hall–Kier alpha value is -3.41. The number of hydrogen-bond donors (Lipinski definition) is 0. The lowest BCUT2D eigenvalue weighted by atomic mass is 9.95. The summed E-state index contributed by atoms with van der Waals surface area (Å²) in [6, 6.07) is 11.1. The Balaban J connectivity index is 1.50. The van der Waals surface area contributed by atoms with Gasteiger partial charge in [-0.25, -0.2) is 0 Å². The van der Waals surface area contributed by atoms with Crippen LogP contribution in [0.5, 0.6) is 5.75 Å². The van der Waals surface area contributed by atoms with Crippen LogP contribution >= 0.6 is 0 Å². The molecule has 4 rings (SSSR count). The smallest absolute Gasteiger partial charge is 0.315 e. The number of furan rings is 1. The molecule has 6 nitrogen and oxygen atoms in total. The van der Waals surface area contributed by atoms with Gasteiger partial charge in [-0.15, -0.1) is 10.2 Å². The van der Waals surface area contributed by atoms with Crippen LogP contribution in [0.25, 0.3) is 22.4 Å². The van der Waals surface area contributed by atoms with Crippen LogP contribution in [0, 0.1) is 6.92 Å². The van der Waals surface area contributed by atoms with E-state index in [9.17, 15) is 4.79 Å². The van der Waals surface area contributed by atoms with Crippen molar-refractivity contribution in [3.8, 4) is 17.2 Å². The first-order valence-electron chi connectivity index (χ1n) is 9.09. The van der Waals surface area contributed by atoms with E-state index in [0.29, 0.717) is 17.6 Å². The predicted molar refractivity (Wildman–Crippen MR) is 104 cm³/mol. The van der Waals surface area contributed by atoms with Crippen molar-refractivity contribution < 1.29 is 18.4 Å². The average molecular weight is 376 g/mol. The molecule has 0 aliphatic heterocycles. The molecule has 4 aromatic rings. The molecule has 6 heteroatoms. The maximum Gasteiger partial charge on any atom is 0.315 e. The van der Waals surface area contributed by atoms with Crippen molar-refractivity contribution in [1.82, 2.24) is 10.2 Å². The van der Waals surface area contributed by atoms with Gasteiger partial charge in [-0.2, -0.15) is 0 Å². The van der Waals surface area contributed by atoms with Crippen molar-refractivity contribution in [1.29, 1.82) is 0 Å². The lowest BCUT2D eigenvalue weighted by molar-refractivity contribution is -0.133. The van der Waals surface area contributed by atoms with Crippen molar-refractivity contribution >= 4 is 16.9 Å². The Kier molecular flexibility index (Phi) is 4.69. The molecule has 0 unspecified atom stereocenters. The molecule has 2 aromatic heterocycles. The van der Waals surface area contributed by atoms with Gasteiger partial charge in [0.2, 0.25) is 12.3 Å². The molecule has 2 aromatic carbocycles. The van der Waals surface area contributed by atoms with Gasteiger partial charge in [0.1, 0.15) is 11.3 Å². The zero-order chi connectivity index (χ0) is 19.7. The lowest BCUT2D eigenvalue weighted by Gasteiger charge is -2.10. The Bertz CT molecular complexity index is 1110. The first-order chi connectivity index (χ1) is 13.5. The molecule has 0 N–H and O–H groups in total. The highest BCUT2D eigenvalue weighted by Gasteiger charge is 2.15. The maximum absolute atomic E-state index is 12.4. The Morgan fingerprint density at radius 1 is 1.14 bits per heavy atom. The minimum absolute atomic E-state index is 0.138. The van der Waals surface area contributed by atoms with Crippen molar-refractivity contribution in [2.75, 3.05) is 0 Å². The molecule has 0 aliphatic rings. The van der Waals surface area contributed by atoms with Gasteiger partial charge < -0.3 is 13.6 Å². The minimum Gasteiger partial charge on any atom is -0.464 e. The van der Waals surface area contributed by atoms with Crippen LogP contribution in [0.1, 0.15) is 36.5 Å². The van der Waals surface area contributed by atoms with Gasteiger partial charge in [0.05, 0.1) is 12.7 Å². The van der Waals surface area contributed by atoms with Gasteiger partial charge in [-0.05, 0) is 60.4 Å². The maximum atomic E-state index is 12.4. The van der Waals surface area contributed by atoms with E-state index < -0.39 is 0 Å². The van der Waals surface area contributed by atoms with E-state index in [1.54, 1.807) is 30.5 Å². The molecule has 28 heavy (non-hydrogen) atoms. The summed E-state index contributed by atoms with van der Waals surface area (Å²) in [5.41, 5.74) is 4.81. The number of hydrogen-bond acceptors (Lipinski definition) is 6. The fourth-order valence-corrected chi connectivity index (χ4v) is 3.29. The zero-order valence-electron chi connectivity index (χ0n) is 15.9. The third kappa shape index (κ3) is 3.53. The number of fused-ring (bicyclic) bond motifs is 1. The number of aryl methyl sites for hydroxylation is 1. The molecule has 0 bridgehead atoms. The van der Waals surface area contributed by atoms with E-state index in [2.05, 4.69) is 37.0 Å². The summed E-state index contributed by atoms with van der Waals surface area (Å²) in [6.45, 7) is 6.38. The van der Waals surface area contributed by atoms with Crippen molar-refractivity contribution in [2.24, 2.45) is 0 Å². The van der Waals surface area contributed by atoms with Crippen LogP contribution in [-0.4, -0.2) is 16.2 Å². The molecule has 0 saturated carbocycles. The summed E-state index contributed by atoms with van der Waals surface area (Å²) in [7, 11) is 0. The normalized spacial score (nSPS) is 11.3. The molecule has 0 spiro atoms. The molecule has 0 saturated heterocycles. The number of aromatic nitrogens is 2. The monoisotopic (exact) mass is 376 g/mol. The van der Waals surface area contributed by atoms with Gasteiger partial charge in [0, 0.05) is 16.5 Å². The van der Waals surface area contributed by atoms with Gasteiger partial charge in [-0.3, -0.25) is 4.79 Å². The van der Waals surface area contributed by atoms with E-state index in [-0.39, 0.29) is 12.4 Å². The van der Waals surface area contributed by atoms with Crippen LogP contribution in [-0.2, 0) is 11.2 Å². The standard InChI is InChI=1S/C22H20N2O4/c1-13(2)18-10-19-16(11-26-20(19)8-14(18)3)9-21(25)28-17-6-4-15(5-7-17)22-24-23-12-27-22/h4-8,10-13H,9H2,1-3H3. The number of carbonyl (C=O) groups is 1. The summed E-state index contributed by atoms with van der Waals surface area (Å²) in [5.74, 6) is 0.926. The summed E-state index contributed by atoms with van der Waals surface area (Å²) in [6.07, 6.45) is 3.04. The fraction of sp³-hybridized carbons (Fsp3) is 0.227. The van der Waals surface area contributed by atoms with Crippen molar-refractivity contribution in [3.63, 3.8) is 0 Å². The molecule has 0 fully saturated rings. The number of nitrogens with zero attached hydrogens (tertiary/aromatic N) is 2. The fourth-order valence-electron chi connectivity index (χ4n) is 3.29. The molecule has 142 valence electrons. The number of rotatable bonds is 5. The topological polar surface area (TPSA) is 78.4 Å². The molecular formula is C22H20N2O4. The quantitative estimate of drug-likeness (QED) is 0.358. The van der Waals surface area contributed by atoms with Crippen molar-refractivity contribution in [2.45, 2.75) is 33.1 Å². The molecule has 0 atom stereocenters. The molecule has 0 radical (unpaired) electrons. The summed E-state index contributed by atoms with van der Waals surface area (Å²) >= 11 is 0. The van der Waals surface area contributed by atoms with E-state index in [1.807, 2.05) is 6.07 Å². The molecule has 0 amide bonds. The van der Waals surface area contributed by atoms with E-state index in [0.717, 1.165) is 22.1 Å². The number of benzene rings is 2. The molecule has 2 heterocycles. The van der Waals surface area contributed by atoms with Gasteiger partial charge >= 0.3 is 5.97 Å². The van der Waals surface area contributed by atoms with Crippen LogP contribution in [0.3, 0.4) is 0 Å². The van der Waals surface area contributed by atoms with Crippen LogP contribution in [0.15, 0.2) is 57.9 Å². The van der Waals surface area contributed by atoms with Crippen LogP contribution in [0.2, 0.25) is 0 Å². The molecular weight excluding hydrogens is 356 g/mol. The van der Waals surface area contributed by atoms with Crippen molar-refractivity contribution in [3.05, 3.63) is 65.7 Å². The summed E-state index contributed by atoms with van der Waals surface area (Å²) < 4.78 is 16.3. The second-order valence-corrected chi connectivity index (χ2v) is 7.04. The SMILES string of the molecule is Cc1cc2occ(CC(=O)Oc3ccc(-c4nnco4)cc3)c2cc1C(C)C. The van der Waals surface area contributed by atoms with Gasteiger partial charge in [0.15, 0.2) is 0 Å². The summed E-state index contributed by atoms with van der Waals surface area (Å²) in [5, 5.41) is 8.45. The largest absolute Gasteiger partial charge is 0.464 e. The second kappa shape index (κ2) is 7.31. The minimum atomic E-state index is -0.347. The first kappa shape index (κ1) is 18.0. The number of carbonyl (C=O) groups excluding carboxylic acids is 1. The van der Waals surface area contributed by atoms with Gasteiger partial charge in [0.25, 0.3) is 0 Å². The third-order valence-corrected chi connectivity index (χ3v) is 4.69. The van der Waals surface area contributed by atoms with E-state index >= 15 is 0 Å².